The van der Waals surface area contributed by atoms with Crippen LogP contribution in [-0.2, 0) is 28.6 Å². The lowest BCUT2D eigenvalue weighted by Gasteiger charge is -2.70. The van der Waals surface area contributed by atoms with Gasteiger partial charge in [-0.1, -0.05) is 53.2 Å². The highest BCUT2D eigenvalue weighted by atomic mass is 16.6. The van der Waals surface area contributed by atoms with Crippen molar-refractivity contribution >= 4 is 17.9 Å². The van der Waals surface area contributed by atoms with Crippen LogP contribution in [0.4, 0.5) is 0 Å². The number of ether oxygens (including phenoxy) is 3. The Balaban J connectivity index is 1.68. The van der Waals surface area contributed by atoms with Crippen molar-refractivity contribution in [1.29, 1.82) is 0 Å². The number of rotatable bonds is 3. The molecular weight excluding hydrogens is 536 g/mol. The monoisotopic (exact) mass is 588 g/mol. The van der Waals surface area contributed by atoms with Crippen LogP contribution in [-0.4, -0.2) is 59.6 Å². The molecule has 8 heteroatoms. The van der Waals surface area contributed by atoms with Crippen molar-refractivity contribution in [3.8, 4) is 0 Å². The van der Waals surface area contributed by atoms with Gasteiger partial charge in [-0.2, -0.15) is 0 Å². The summed E-state index contributed by atoms with van der Waals surface area (Å²) in [5.41, 5.74) is -4.52. The summed E-state index contributed by atoms with van der Waals surface area (Å²) in [6.45, 7) is 16.1. The molecule has 5 aliphatic rings. The molecule has 0 bridgehead atoms. The highest BCUT2D eigenvalue weighted by molar-refractivity contribution is 5.82. The summed E-state index contributed by atoms with van der Waals surface area (Å²) in [5.74, 6) is -1.96. The van der Waals surface area contributed by atoms with Crippen LogP contribution in [0.3, 0.4) is 0 Å². The Labute approximate surface area is 250 Å². The van der Waals surface area contributed by atoms with E-state index in [4.69, 9.17) is 14.2 Å². The fraction of sp³-hybridized carbons (Fsp3) is 0.853. The van der Waals surface area contributed by atoms with Crippen molar-refractivity contribution < 1.29 is 38.8 Å². The molecule has 0 aliphatic heterocycles. The Morgan fingerprint density at radius 2 is 1.52 bits per heavy atom. The number of hydrogen-bond acceptors (Lipinski definition) is 8. The second-order valence-corrected chi connectivity index (χ2v) is 16.0. The van der Waals surface area contributed by atoms with Gasteiger partial charge in [0.25, 0.3) is 0 Å². The Morgan fingerprint density at radius 1 is 0.905 bits per heavy atom. The maximum Gasteiger partial charge on any atom is 0.338 e. The molecule has 8 nitrogen and oxygen atoms in total. The zero-order chi connectivity index (χ0) is 31.5. The van der Waals surface area contributed by atoms with E-state index in [1.165, 1.54) is 21.1 Å². The number of fused-ring (bicyclic) bond motifs is 7. The second-order valence-electron chi connectivity index (χ2n) is 16.0. The van der Waals surface area contributed by atoms with Crippen LogP contribution in [0.25, 0.3) is 0 Å². The molecule has 0 radical (unpaired) electrons. The molecule has 4 saturated carbocycles. The molecule has 0 aromatic heterocycles. The molecule has 0 amide bonds. The lowest BCUT2D eigenvalue weighted by atomic mass is 9.34. The van der Waals surface area contributed by atoms with Gasteiger partial charge < -0.3 is 24.4 Å². The first-order chi connectivity index (χ1) is 19.3. The van der Waals surface area contributed by atoms with E-state index in [1.54, 1.807) is 0 Å². The third-order valence-corrected chi connectivity index (χ3v) is 14.3. The molecule has 4 fully saturated rings. The van der Waals surface area contributed by atoms with Crippen LogP contribution in [0.2, 0.25) is 0 Å². The molecule has 236 valence electrons. The van der Waals surface area contributed by atoms with Crippen LogP contribution < -0.4 is 0 Å². The second kappa shape index (κ2) is 9.29. The molecule has 0 aromatic rings. The predicted octanol–water partition coefficient (Wildman–Crippen LogP) is 4.99. The van der Waals surface area contributed by atoms with Crippen molar-refractivity contribution in [2.45, 2.75) is 118 Å². The van der Waals surface area contributed by atoms with Gasteiger partial charge in [0.05, 0.1) is 19.8 Å². The van der Waals surface area contributed by atoms with E-state index < -0.39 is 52.0 Å². The number of esters is 3. The van der Waals surface area contributed by atoms with Crippen molar-refractivity contribution in [1.82, 2.24) is 0 Å². The highest BCUT2D eigenvalue weighted by Gasteiger charge is 2.77. The third kappa shape index (κ3) is 3.51. The topological polar surface area (TPSA) is 119 Å². The summed E-state index contributed by atoms with van der Waals surface area (Å²) < 4.78 is 16.5. The molecule has 5 aliphatic carbocycles. The number of aliphatic hydroxyl groups is 2. The van der Waals surface area contributed by atoms with Gasteiger partial charge in [-0.15, -0.1) is 0 Å². The van der Waals surface area contributed by atoms with Gasteiger partial charge in [-0.05, 0) is 85.9 Å². The zero-order valence-electron chi connectivity index (χ0n) is 27.3. The lowest BCUT2D eigenvalue weighted by Crippen LogP contribution is -2.70. The molecule has 0 unspecified atom stereocenters. The summed E-state index contributed by atoms with van der Waals surface area (Å²) in [5, 5.41) is 24.2. The number of methoxy groups -OCH3 is 2. The fourth-order valence-electron chi connectivity index (χ4n) is 11.8. The van der Waals surface area contributed by atoms with Crippen molar-refractivity contribution in [2.24, 2.45) is 50.7 Å². The molecule has 42 heavy (non-hydrogen) atoms. The van der Waals surface area contributed by atoms with Crippen molar-refractivity contribution in [3.63, 3.8) is 0 Å². The first-order valence-electron chi connectivity index (χ1n) is 15.7. The Hall–Kier alpha value is -1.93. The minimum absolute atomic E-state index is 0.120. The minimum atomic E-state index is -1.58. The standard InChI is InChI=1S/C34H52O8/c1-19-17-24(42-20(2)35)33(26(36)40-9)16-15-30(6)21(25(33)32(19,8)38)11-12-23-29(5)18-34(39,27(37)41-10)28(3,4)22(29)13-14-31(23,30)7/h11,19,22-25,38-39H,12-18H2,1-10H3/t19-,22+,23-,24+,25-,29+,30-,31-,32-,33-,34+/m1/s1. The largest absolute Gasteiger partial charge is 0.468 e. The van der Waals surface area contributed by atoms with E-state index in [1.807, 2.05) is 27.7 Å². The maximum atomic E-state index is 13.9. The Kier molecular flexibility index (Phi) is 6.97. The van der Waals surface area contributed by atoms with Gasteiger partial charge >= 0.3 is 17.9 Å². The predicted molar refractivity (Wildman–Crippen MR) is 156 cm³/mol. The van der Waals surface area contributed by atoms with Gasteiger partial charge in [0.1, 0.15) is 11.5 Å². The van der Waals surface area contributed by atoms with Gasteiger partial charge in [0.15, 0.2) is 5.60 Å². The normalized spacial score (nSPS) is 50.7. The van der Waals surface area contributed by atoms with E-state index in [-0.39, 0.29) is 34.0 Å². The summed E-state index contributed by atoms with van der Waals surface area (Å²) in [4.78, 5) is 39.2. The zero-order valence-corrected chi connectivity index (χ0v) is 27.3. The van der Waals surface area contributed by atoms with Gasteiger partial charge in [0, 0.05) is 18.3 Å². The van der Waals surface area contributed by atoms with Crippen molar-refractivity contribution in [3.05, 3.63) is 11.6 Å². The number of carbonyl (C=O) groups is 3. The highest BCUT2D eigenvalue weighted by Crippen LogP contribution is 2.78. The van der Waals surface area contributed by atoms with E-state index in [9.17, 15) is 24.6 Å². The average Bonchev–Trinajstić information content (AvgIpc) is 3.07. The smallest absolute Gasteiger partial charge is 0.338 e. The number of allylic oxidation sites excluding steroid dienone is 1. The first kappa shape index (κ1) is 31.5. The number of carbonyl (C=O) groups excluding carboxylic acids is 3. The Bertz CT molecular complexity index is 1220. The SMILES string of the molecule is COC(=O)[C@@]12CC[C@]3(C)C(=CC[C@@H]4[C@@]5(C)C[C@](O)(C(=O)OC)C(C)(C)[C@@H]5CC[C@]43C)[C@@H]1[C@](C)(O)[C@H](C)C[C@@H]2OC(C)=O. The van der Waals surface area contributed by atoms with E-state index >= 15 is 0 Å². The lowest BCUT2D eigenvalue weighted by molar-refractivity contribution is -0.231. The summed E-state index contributed by atoms with van der Waals surface area (Å²) in [7, 11) is 2.72. The fourth-order valence-corrected chi connectivity index (χ4v) is 11.8. The molecule has 2 N–H and O–H groups in total. The van der Waals surface area contributed by atoms with Crippen LogP contribution in [0.15, 0.2) is 11.6 Å². The van der Waals surface area contributed by atoms with Crippen LogP contribution in [0.5, 0.6) is 0 Å². The summed E-state index contributed by atoms with van der Waals surface area (Å²) >= 11 is 0. The van der Waals surface area contributed by atoms with E-state index in [0.717, 1.165) is 18.4 Å². The molecule has 0 heterocycles. The molecular formula is C34H52O8. The van der Waals surface area contributed by atoms with Crippen molar-refractivity contribution in [2.75, 3.05) is 14.2 Å². The summed E-state index contributed by atoms with van der Waals surface area (Å²) in [6.07, 6.45) is 5.83. The average molecular weight is 589 g/mol. The van der Waals surface area contributed by atoms with Gasteiger partial charge in [0.2, 0.25) is 0 Å². The number of hydrogen-bond donors (Lipinski definition) is 2. The van der Waals surface area contributed by atoms with Gasteiger partial charge in [-0.25, -0.2) is 4.79 Å². The minimum Gasteiger partial charge on any atom is -0.468 e. The Morgan fingerprint density at radius 3 is 2.10 bits per heavy atom. The van der Waals surface area contributed by atoms with E-state index in [0.29, 0.717) is 32.1 Å². The molecule has 0 aromatic carbocycles. The quantitative estimate of drug-likeness (QED) is 0.269. The van der Waals surface area contributed by atoms with Crippen LogP contribution in [0, 0.1) is 50.7 Å². The van der Waals surface area contributed by atoms with E-state index in [2.05, 4.69) is 26.8 Å². The summed E-state index contributed by atoms with van der Waals surface area (Å²) in [6, 6.07) is 0. The molecule has 0 saturated heterocycles. The molecule has 11 atom stereocenters. The van der Waals surface area contributed by atoms with Crippen LogP contribution in [0.1, 0.15) is 100 Å². The molecule has 5 rings (SSSR count). The van der Waals surface area contributed by atoms with Crippen LogP contribution >= 0.6 is 0 Å². The first-order valence-corrected chi connectivity index (χ1v) is 15.7. The maximum absolute atomic E-state index is 13.9. The molecule has 0 spiro atoms. The van der Waals surface area contributed by atoms with Gasteiger partial charge in [-0.3, -0.25) is 9.59 Å². The third-order valence-electron chi connectivity index (χ3n) is 14.3.